The molecule has 1 saturated heterocycles. The summed E-state index contributed by atoms with van der Waals surface area (Å²) in [6, 6.07) is 6.63. The van der Waals surface area contributed by atoms with E-state index in [-0.39, 0.29) is 34.7 Å². The fourth-order valence-electron chi connectivity index (χ4n) is 4.48. The fraction of sp³-hybridized carbons (Fsp3) is 0.346. The minimum atomic E-state index is -0.904. The van der Waals surface area contributed by atoms with Crippen molar-refractivity contribution in [2.24, 2.45) is 5.92 Å². The first-order valence-electron chi connectivity index (χ1n) is 11.6. The molecule has 10 heteroatoms. The molecule has 36 heavy (non-hydrogen) atoms. The van der Waals surface area contributed by atoms with E-state index in [0.29, 0.717) is 17.7 Å². The second kappa shape index (κ2) is 10.5. The number of nitrogen functional groups attached to an aromatic ring is 1. The molecule has 1 fully saturated rings. The van der Waals surface area contributed by atoms with E-state index >= 15 is 0 Å². The number of nitrogens with two attached hydrogens (primary N) is 1. The zero-order valence-electron chi connectivity index (χ0n) is 20.2. The first kappa shape index (κ1) is 25.5. The van der Waals surface area contributed by atoms with E-state index in [1.54, 1.807) is 12.3 Å². The molecule has 0 unspecified atom stereocenters. The van der Waals surface area contributed by atoms with Crippen molar-refractivity contribution in [2.45, 2.75) is 45.0 Å². The summed E-state index contributed by atoms with van der Waals surface area (Å²) in [7, 11) is 1.32. The normalized spacial score (nSPS) is 21.7. The molecule has 4 atom stereocenters. The molecule has 4 N–H and O–H groups in total. The Morgan fingerprint density at radius 3 is 2.81 bits per heavy atom. The number of pyridine rings is 2. The lowest BCUT2D eigenvalue weighted by Crippen LogP contribution is -2.39. The van der Waals surface area contributed by atoms with Gasteiger partial charge >= 0.3 is 0 Å². The molecule has 0 saturated carbocycles. The lowest BCUT2D eigenvalue weighted by atomic mass is 9.87. The van der Waals surface area contributed by atoms with Crippen LogP contribution in [0.1, 0.15) is 48.8 Å². The number of carbonyl (C=O) groups excluding carboxylic acids is 1. The van der Waals surface area contributed by atoms with Crippen LogP contribution in [0.25, 0.3) is 11.3 Å². The van der Waals surface area contributed by atoms with Gasteiger partial charge in [0.15, 0.2) is 11.5 Å². The average molecular weight is 499 g/mol. The van der Waals surface area contributed by atoms with E-state index in [4.69, 9.17) is 15.2 Å². The van der Waals surface area contributed by atoms with Crippen molar-refractivity contribution in [3.63, 3.8) is 0 Å². The monoisotopic (exact) mass is 498 g/mol. The summed E-state index contributed by atoms with van der Waals surface area (Å²) >= 11 is 0. The van der Waals surface area contributed by atoms with Gasteiger partial charge in [0.05, 0.1) is 48.6 Å². The number of anilines is 2. The molecule has 3 heterocycles. The highest BCUT2D eigenvalue weighted by molar-refractivity contribution is 6.07. The number of benzene rings is 1. The summed E-state index contributed by atoms with van der Waals surface area (Å²) in [5.41, 5.74) is 5.73. The highest BCUT2D eigenvalue weighted by atomic mass is 19.1. The van der Waals surface area contributed by atoms with Crippen LogP contribution in [-0.4, -0.2) is 40.3 Å². The molecular weight excluding hydrogens is 470 g/mol. The minimum absolute atomic E-state index is 0.0249. The molecule has 3 aromatic rings. The van der Waals surface area contributed by atoms with Crippen LogP contribution < -0.4 is 15.8 Å². The van der Waals surface area contributed by atoms with Crippen LogP contribution in [0.15, 0.2) is 42.7 Å². The predicted molar refractivity (Wildman–Crippen MR) is 130 cm³/mol. The van der Waals surface area contributed by atoms with Crippen LogP contribution in [0, 0.1) is 17.6 Å². The summed E-state index contributed by atoms with van der Waals surface area (Å²) in [5, 5.41) is 13.3. The second-order valence-electron chi connectivity index (χ2n) is 8.72. The number of ether oxygens (including phenoxy) is 2. The van der Waals surface area contributed by atoms with Crippen molar-refractivity contribution in [3.8, 4) is 17.0 Å². The van der Waals surface area contributed by atoms with Crippen LogP contribution in [0.2, 0.25) is 0 Å². The van der Waals surface area contributed by atoms with Crippen LogP contribution >= 0.6 is 0 Å². The molecule has 2 aromatic heterocycles. The van der Waals surface area contributed by atoms with Gasteiger partial charge in [-0.2, -0.15) is 0 Å². The van der Waals surface area contributed by atoms with E-state index < -0.39 is 35.4 Å². The van der Waals surface area contributed by atoms with Crippen molar-refractivity contribution in [2.75, 3.05) is 18.2 Å². The third kappa shape index (κ3) is 4.87. The Hall–Kier alpha value is -3.63. The average Bonchev–Trinajstić information content (AvgIpc) is 2.86. The molecule has 8 nitrogen and oxygen atoms in total. The third-order valence-corrected chi connectivity index (χ3v) is 6.49. The quantitative estimate of drug-likeness (QED) is 0.458. The minimum Gasteiger partial charge on any atom is -0.496 e. The molecule has 4 rings (SSSR count). The Balaban J connectivity index is 1.68. The first-order valence-corrected chi connectivity index (χ1v) is 11.6. The topological polar surface area (TPSA) is 120 Å². The molecule has 0 spiro atoms. The highest BCUT2D eigenvalue weighted by Gasteiger charge is 2.35. The maximum Gasteiger partial charge on any atom is 0.276 e. The zero-order valence-corrected chi connectivity index (χ0v) is 20.2. The van der Waals surface area contributed by atoms with E-state index in [9.17, 15) is 18.7 Å². The zero-order chi connectivity index (χ0) is 26.0. The van der Waals surface area contributed by atoms with Crippen molar-refractivity contribution in [1.29, 1.82) is 0 Å². The second-order valence-corrected chi connectivity index (χ2v) is 8.72. The Labute approximate surface area is 207 Å². The van der Waals surface area contributed by atoms with E-state index in [1.165, 1.54) is 25.4 Å². The largest absolute Gasteiger partial charge is 0.496 e. The highest BCUT2D eigenvalue weighted by Crippen LogP contribution is 2.39. The summed E-state index contributed by atoms with van der Waals surface area (Å²) in [4.78, 5) is 21.4. The van der Waals surface area contributed by atoms with Crippen LogP contribution in [-0.2, 0) is 4.74 Å². The fourth-order valence-corrected chi connectivity index (χ4v) is 4.48. The summed E-state index contributed by atoms with van der Waals surface area (Å²) in [5.74, 6) is -2.38. The predicted octanol–water partition coefficient (Wildman–Crippen LogP) is 4.50. The van der Waals surface area contributed by atoms with Gasteiger partial charge in [0, 0.05) is 30.2 Å². The maximum absolute atomic E-state index is 14.8. The van der Waals surface area contributed by atoms with Gasteiger partial charge in [-0.3, -0.25) is 9.78 Å². The maximum atomic E-state index is 14.8. The van der Waals surface area contributed by atoms with Gasteiger partial charge in [0.25, 0.3) is 5.91 Å². The molecule has 1 aliphatic heterocycles. The molecular formula is C26H28F2N4O4. The molecule has 0 aliphatic carbocycles. The van der Waals surface area contributed by atoms with Crippen molar-refractivity contribution in [3.05, 3.63) is 65.6 Å². The number of aliphatic hydroxyl groups excluding tert-OH is 1. The summed E-state index contributed by atoms with van der Waals surface area (Å²) in [6.07, 6.45) is 2.88. The SMILES string of the molecule is CC[C@H]1O[C@@H](c2ccncc2NC(=O)c2nc(-c3c(F)cccc3OC)c(F)cc2N)C[C@@H](O)[C@H]1C. The summed E-state index contributed by atoms with van der Waals surface area (Å²) in [6.45, 7) is 3.92. The van der Waals surface area contributed by atoms with E-state index in [1.807, 2.05) is 13.8 Å². The lowest BCUT2D eigenvalue weighted by molar-refractivity contribution is -0.133. The van der Waals surface area contributed by atoms with Gasteiger partial charge in [-0.05, 0) is 24.6 Å². The number of hydrogen-bond donors (Lipinski definition) is 3. The van der Waals surface area contributed by atoms with E-state index in [2.05, 4.69) is 15.3 Å². The smallest absolute Gasteiger partial charge is 0.276 e. The van der Waals surface area contributed by atoms with Crippen LogP contribution in [0.3, 0.4) is 0 Å². The standard InChI is InChI=1S/C26H28F2N4O4/c1-4-20-13(2)19(33)11-22(36-20)14-8-9-30-12-18(14)31-26(34)25-17(29)10-16(28)24(32-25)23-15(27)6-5-7-21(23)35-3/h5-10,12-13,19-20,22,33H,4,11,29H2,1-3H3,(H,31,34)/t13-,19-,20-,22-/m1/s1. The van der Waals surface area contributed by atoms with Gasteiger partial charge in [-0.15, -0.1) is 0 Å². The number of aromatic nitrogens is 2. The van der Waals surface area contributed by atoms with Gasteiger partial charge in [-0.25, -0.2) is 13.8 Å². The number of aliphatic hydroxyl groups is 1. The first-order chi connectivity index (χ1) is 17.2. The Kier molecular flexibility index (Phi) is 7.46. The Bertz CT molecular complexity index is 1270. The van der Waals surface area contributed by atoms with Crippen molar-refractivity contribution in [1.82, 2.24) is 9.97 Å². The lowest BCUT2D eigenvalue weighted by Gasteiger charge is -2.38. The Morgan fingerprint density at radius 1 is 1.31 bits per heavy atom. The van der Waals surface area contributed by atoms with Crippen molar-refractivity contribution < 1.29 is 28.2 Å². The summed E-state index contributed by atoms with van der Waals surface area (Å²) < 4.78 is 40.8. The van der Waals surface area contributed by atoms with Gasteiger partial charge in [0.1, 0.15) is 17.3 Å². The molecule has 0 radical (unpaired) electrons. The molecule has 1 amide bonds. The number of nitrogens with zero attached hydrogens (tertiary/aromatic N) is 2. The van der Waals surface area contributed by atoms with E-state index in [0.717, 1.165) is 18.6 Å². The Morgan fingerprint density at radius 2 is 2.08 bits per heavy atom. The number of hydrogen-bond acceptors (Lipinski definition) is 7. The molecule has 1 aliphatic rings. The van der Waals surface area contributed by atoms with Gasteiger partial charge in [-0.1, -0.05) is 19.9 Å². The third-order valence-electron chi connectivity index (χ3n) is 6.49. The number of amides is 1. The van der Waals surface area contributed by atoms with Gasteiger partial charge in [0.2, 0.25) is 0 Å². The number of nitrogens with one attached hydrogen (secondary N) is 1. The number of carbonyl (C=O) groups is 1. The van der Waals surface area contributed by atoms with Gasteiger partial charge < -0.3 is 25.6 Å². The van der Waals surface area contributed by atoms with Crippen LogP contribution in [0.5, 0.6) is 5.75 Å². The number of rotatable bonds is 6. The molecule has 1 aromatic carbocycles. The van der Waals surface area contributed by atoms with Crippen molar-refractivity contribution >= 4 is 17.3 Å². The van der Waals surface area contributed by atoms with Crippen LogP contribution in [0.4, 0.5) is 20.2 Å². The molecule has 0 bridgehead atoms. The molecule has 190 valence electrons. The number of halogens is 2. The number of methoxy groups -OCH3 is 1.